The molecule has 60 valence electrons. The van der Waals surface area contributed by atoms with E-state index in [0.717, 1.165) is 5.56 Å². The van der Waals surface area contributed by atoms with Crippen LogP contribution in [0, 0.1) is 6.92 Å². The summed E-state index contributed by atoms with van der Waals surface area (Å²) in [7, 11) is 0. The maximum absolute atomic E-state index is 10.6. The molecule has 1 unspecified atom stereocenters. The highest BCUT2D eigenvalue weighted by Crippen LogP contribution is 2.19. The van der Waals surface area contributed by atoms with E-state index in [1.54, 1.807) is 18.2 Å². The van der Waals surface area contributed by atoms with Crippen LogP contribution in [0.1, 0.15) is 5.56 Å². The fourth-order valence-corrected chi connectivity index (χ4v) is 1.58. The molecule has 0 radical (unpaired) electrons. The molecule has 1 aromatic rings. The van der Waals surface area contributed by atoms with Crippen molar-refractivity contribution in [3.63, 3.8) is 0 Å². The van der Waals surface area contributed by atoms with E-state index in [0.29, 0.717) is 5.02 Å². The molecule has 0 heterocycles. The van der Waals surface area contributed by atoms with Crippen LogP contribution in [-0.4, -0.2) is 8.76 Å². The Labute approximate surface area is 72.5 Å². The molecule has 1 N–H and O–H groups in total. The lowest BCUT2D eigenvalue weighted by atomic mass is 10.2. The summed E-state index contributed by atoms with van der Waals surface area (Å²) in [5, 5.41) is 0.330. The number of hydrogen-bond donors (Lipinski definition) is 1. The van der Waals surface area contributed by atoms with Crippen LogP contribution >= 0.6 is 11.6 Å². The van der Waals surface area contributed by atoms with Crippen molar-refractivity contribution in [2.24, 2.45) is 0 Å². The molecule has 0 aliphatic rings. The van der Waals surface area contributed by atoms with Crippen LogP contribution < -0.4 is 0 Å². The first-order valence-corrected chi connectivity index (χ1v) is 4.47. The van der Waals surface area contributed by atoms with Crippen LogP contribution in [0.3, 0.4) is 0 Å². The highest BCUT2D eigenvalue weighted by Gasteiger charge is 2.04. The van der Waals surface area contributed by atoms with E-state index in [1.807, 2.05) is 6.92 Å². The average Bonchev–Trinajstić information content (AvgIpc) is 1.94. The lowest BCUT2D eigenvalue weighted by molar-refractivity contribution is 0.564. The van der Waals surface area contributed by atoms with Crippen LogP contribution in [0.2, 0.25) is 5.02 Å². The first-order chi connectivity index (χ1) is 5.11. The zero-order chi connectivity index (χ0) is 8.43. The standard InChI is InChI=1S/C7H7ClO2S/c1-5-2-3-6(8)7(4-5)11(9)10/h2-4H,1H3,(H,9,10). The Morgan fingerprint density at radius 1 is 1.55 bits per heavy atom. The average molecular weight is 191 g/mol. The highest BCUT2D eigenvalue weighted by molar-refractivity contribution is 7.79. The molecule has 0 spiro atoms. The Hall–Kier alpha value is -0.380. The first kappa shape index (κ1) is 8.71. The third-order valence-electron chi connectivity index (χ3n) is 1.27. The Balaban J connectivity index is 3.23. The van der Waals surface area contributed by atoms with Crippen LogP contribution in [-0.2, 0) is 11.1 Å². The topological polar surface area (TPSA) is 37.3 Å². The summed E-state index contributed by atoms with van der Waals surface area (Å²) in [6.45, 7) is 1.84. The van der Waals surface area contributed by atoms with Gasteiger partial charge in [0.25, 0.3) is 0 Å². The molecule has 1 rings (SSSR count). The molecule has 0 aliphatic heterocycles. The Morgan fingerprint density at radius 2 is 2.18 bits per heavy atom. The maximum atomic E-state index is 10.6. The third kappa shape index (κ3) is 2.02. The highest BCUT2D eigenvalue weighted by atomic mass is 35.5. The molecule has 0 bridgehead atoms. The van der Waals surface area contributed by atoms with Gasteiger partial charge in [-0.1, -0.05) is 17.7 Å². The molecule has 0 amide bonds. The van der Waals surface area contributed by atoms with Gasteiger partial charge in [0.2, 0.25) is 0 Å². The molecule has 4 heteroatoms. The second-order valence-corrected chi connectivity index (χ2v) is 3.53. The molecule has 0 aromatic heterocycles. The number of aryl methyl sites for hydroxylation is 1. The molecule has 11 heavy (non-hydrogen) atoms. The summed E-state index contributed by atoms with van der Waals surface area (Å²) in [5.74, 6) is 0. The van der Waals surface area contributed by atoms with Gasteiger partial charge in [0.15, 0.2) is 11.1 Å². The van der Waals surface area contributed by atoms with E-state index in [2.05, 4.69) is 0 Å². The van der Waals surface area contributed by atoms with Crippen molar-refractivity contribution in [3.8, 4) is 0 Å². The minimum absolute atomic E-state index is 0.270. The van der Waals surface area contributed by atoms with E-state index in [4.69, 9.17) is 16.2 Å². The second-order valence-electron chi connectivity index (χ2n) is 2.18. The van der Waals surface area contributed by atoms with Crippen LogP contribution in [0.15, 0.2) is 23.1 Å². The SMILES string of the molecule is Cc1ccc(Cl)c(S(=O)O)c1. The first-order valence-electron chi connectivity index (χ1n) is 2.98. The Bertz CT molecular complexity index is 298. The van der Waals surface area contributed by atoms with Crippen molar-refractivity contribution < 1.29 is 8.76 Å². The third-order valence-corrected chi connectivity index (χ3v) is 2.43. The largest absolute Gasteiger partial charge is 0.302 e. The maximum Gasteiger partial charge on any atom is 0.188 e. The van der Waals surface area contributed by atoms with Crippen molar-refractivity contribution in [2.45, 2.75) is 11.8 Å². The number of rotatable bonds is 1. The Kier molecular flexibility index (Phi) is 2.65. The molecule has 2 nitrogen and oxygen atoms in total. The smallest absolute Gasteiger partial charge is 0.188 e. The minimum atomic E-state index is -1.98. The fraction of sp³-hybridized carbons (Fsp3) is 0.143. The van der Waals surface area contributed by atoms with E-state index < -0.39 is 11.1 Å². The predicted molar refractivity (Wildman–Crippen MR) is 45.2 cm³/mol. The molecule has 0 aliphatic carbocycles. The summed E-state index contributed by atoms with van der Waals surface area (Å²) in [5.41, 5.74) is 0.923. The van der Waals surface area contributed by atoms with Crippen molar-refractivity contribution in [1.29, 1.82) is 0 Å². The normalized spacial score (nSPS) is 13.0. The van der Waals surface area contributed by atoms with Crippen LogP contribution in [0.4, 0.5) is 0 Å². The number of benzene rings is 1. The van der Waals surface area contributed by atoms with Crippen molar-refractivity contribution >= 4 is 22.7 Å². The second kappa shape index (κ2) is 3.34. The fourth-order valence-electron chi connectivity index (χ4n) is 0.744. The van der Waals surface area contributed by atoms with Gasteiger partial charge < -0.3 is 4.55 Å². The molecule has 1 aromatic carbocycles. The van der Waals surface area contributed by atoms with Crippen LogP contribution in [0.25, 0.3) is 0 Å². The van der Waals surface area contributed by atoms with Gasteiger partial charge >= 0.3 is 0 Å². The molecular weight excluding hydrogens is 184 g/mol. The predicted octanol–water partition coefficient (Wildman–Crippen LogP) is 2.23. The van der Waals surface area contributed by atoms with Gasteiger partial charge in [-0.25, -0.2) is 4.21 Å². The van der Waals surface area contributed by atoms with Gasteiger partial charge in [0, 0.05) is 0 Å². The zero-order valence-corrected chi connectivity index (χ0v) is 7.45. The number of hydrogen-bond acceptors (Lipinski definition) is 1. The summed E-state index contributed by atoms with van der Waals surface area (Å²) >= 11 is 3.66. The van der Waals surface area contributed by atoms with Crippen molar-refractivity contribution in [1.82, 2.24) is 0 Å². The van der Waals surface area contributed by atoms with E-state index in [-0.39, 0.29) is 4.90 Å². The minimum Gasteiger partial charge on any atom is -0.302 e. The van der Waals surface area contributed by atoms with Gasteiger partial charge in [-0.2, -0.15) is 0 Å². The van der Waals surface area contributed by atoms with Crippen molar-refractivity contribution in [2.75, 3.05) is 0 Å². The monoisotopic (exact) mass is 190 g/mol. The van der Waals surface area contributed by atoms with Gasteiger partial charge in [0.05, 0.1) is 9.92 Å². The summed E-state index contributed by atoms with van der Waals surface area (Å²) in [6.07, 6.45) is 0. The van der Waals surface area contributed by atoms with E-state index in [9.17, 15) is 4.21 Å². The Morgan fingerprint density at radius 3 is 2.64 bits per heavy atom. The van der Waals surface area contributed by atoms with E-state index in [1.165, 1.54) is 0 Å². The molecular formula is C7H7ClO2S. The summed E-state index contributed by atoms with van der Waals surface area (Å²) < 4.78 is 19.3. The van der Waals surface area contributed by atoms with Crippen LogP contribution in [0.5, 0.6) is 0 Å². The quantitative estimate of drug-likeness (QED) is 0.690. The molecule has 0 saturated carbocycles. The lowest BCUT2D eigenvalue weighted by Gasteiger charge is -1.99. The van der Waals surface area contributed by atoms with E-state index >= 15 is 0 Å². The summed E-state index contributed by atoms with van der Waals surface area (Å²) in [4.78, 5) is 0.270. The molecule has 0 fully saturated rings. The van der Waals surface area contributed by atoms with Gasteiger partial charge in [-0.3, -0.25) is 0 Å². The summed E-state index contributed by atoms with van der Waals surface area (Å²) in [6, 6.07) is 5.00. The number of halogens is 1. The zero-order valence-electron chi connectivity index (χ0n) is 5.87. The molecule has 0 saturated heterocycles. The van der Waals surface area contributed by atoms with Crippen molar-refractivity contribution in [3.05, 3.63) is 28.8 Å². The van der Waals surface area contributed by atoms with Gasteiger partial charge in [0.1, 0.15) is 0 Å². The lowest BCUT2D eigenvalue weighted by Crippen LogP contribution is -1.89. The van der Waals surface area contributed by atoms with Gasteiger partial charge in [-0.05, 0) is 24.6 Å². The molecule has 1 atom stereocenters. The van der Waals surface area contributed by atoms with Gasteiger partial charge in [-0.15, -0.1) is 0 Å².